The average molecular weight is 600 g/mol. The van der Waals surface area contributed by atoms with Crippen molar-refractivity contribution >= 4 is 48.7 Å². The average Bonchev–Trinajstić information content (AvgIpc) is 3.41. The van der Waals surface area contributed by atoms with Crippen LogP contribution in [0.25, 0.3) is 10.2 Å². The lowest BCUT2D eigenvalue weighted by Gasteiger charge is -2.15. The van der Waals surface area contributed by atoms with E-state index in [0.717, 1.165) is 21.1 Å². The number of aldehydes is 1. The van der Waals surface area contributed by atoms with E-state index in [9.17, 15) is 18.0 Å². The molecule has 4 aromatic rings. The third kappa shape index (κ3) is 7.74. The molecule has 4 rings (SSSR count). The Bertz CT molecular complexity index is 1540. The van der Waals surface area contributed by atoms with Crippen molar-refractivity contribution in [1.29, 1.82) is 0 Å². The molecule has 1 heterocycles. The molecule has 41 heavy (non-hydrogen) atoms. The smallest absolute Gasteiger partial charge is 0.253 e. The van der Waals surface area contributed by atoms with Crippen LogP contribution in [0.2, 0.25) is 0 Å². The SMILES string of the molecule is CCS(=O)(=O)c1ccc(C(C=O)Oc2ccc(C(=O)N(C)C)cc2)cc1.CNc1nc2cc(OC)c(OC)cc2s1. The molecule has 0 saturated heterocycles. The van der Waals surface area contributed by atoms with Crippen LogP contribution in [0.4, 0.5) is 5.13 Å². The van der Waals surface area contributed by atoms with Crippen molar-refractivity contribution in [3.63, 3.8) is 0 Å². The fraction of sp³-hybridized carbons (Fsp3) is 0.276. The van der Waals surface area contributed by atoms with Gasteiger partial charge in [0.25, 0.3) is 5.91 Å². The highest BCUT2D eigenvalue weighted by Gasteiger charge is 2.16. The summed E-state index contributed by atoms with van der Waals surface area (Å²) in [7, 11) is 5.14. The number of amides is 1. The minimum Gasteiger partial charge on any atom is -0.493 e. The van der Waals surface area contributed by atoms with E-state index in [1.807, 2.05) is 19.2 Å². The van der Waals surface area contributed by atoms with Crippen LogP contribution in [-0.4, -0.2) is 71.6 Å². The van der Waals surface area contributed by atoms with E-state index in [0.29, 0.717) is 28.9 Å². The normalized spacial score (nSPS) is 11.6. The zero-order chi connectivity index (χ0) is 30.2. The quantitative estimate of drug-likeness (QED) is 0.255. The van der Waals surface area contributed by atoms with Gasteiger partial charge in [0, 0.05) is 38.8 Å². The van der Waals surface area contributed by atoms with Crippen LogP contribution >= 0.6 is 11.3 Å². The molecule has 1 aromatic heterocycles. The molecule has 0 bridgehead atoms. The van der Waals surface area contributed by atoms with Crippen molar-refractivity contribution in [1.82, 2.24) is 9.88 Å². The molecule has 1 atom stereocenters. The molecule has 1 unspecified atom stereocenters. The van der Waals surface area contributed by atoms with Crippen LogP contribution in [0.15, 0.2) is 65.6 Å². The minimum atomic E-state index is -3.29. The highest BCUT2D eigenvalue weighted by atomic mass is 32.2. The lowest BCUT2D eigenvalue weighted by molar-refractivity contribution is -0.113. The van der Waals surface area contributed by atoms with Crippen LogP contribution in [-0.2, 0) is 14.6 Å². The van der Waals surface area contributed by atoms with Gasteiger partial charge in [0.2, 0.25) is 0 Å². The van der Waals surface area contributed by atoms with Crippen molar-refractivity contribution in [2.75, 3.05) is 46.4 Å². The first-order valence-corrected chi connectivity index (χ1v) is 15.0. The molecule has 218 valence electrons. The van der Waals surface area contributed by atoms with E-state index in [1.165, 1.54) is 17.0 Å². The second kappa shape index (κ2) is 14.0. The van der Waals surface area contributed by atoms with Gasteiger partial charge in [-0.2, -0.15) is 0 Å². The first-order valence-electron chi connectivity index (χ1n) is 12.5. The second-order valence-corrected chi connectivity index (χ2v) is 12.1. The topological polar surface area (TPSA) is 124 Å². The standard InChI is InChI=1S/C19H21NO5S.C10H12N2O2S/c1-4-26(23,24)17-11-7-14(8-12-17)18(13-21)25-16-9-5-15(6-10-16)19(22)20(2)3;1-11-10-12-6-4-7(13-2)8(14-3)5-9(6)15-10/h5-13,18H,4H2,1-3H3;4-5H,1-3H3,(H,11,12). The molecule has 3 aromatic carbocycles. The van der Waals surface area contributed by atoms with E-state index < -0.39 is 15.9 Å². The maximum atomic E-state index is 11.9. The van der Waals surface area contributed by atoms with Gasteiger partial charge in [0.15, 0.2) is 38.9 Å². The summed E-state index contributed by atoms with van der Waals surface area (Å²) in [5, 5.41) is 3.91. The first kappa shape index (κ1) is 31.4. The largest absolute Gasteiger partial charge is 0.493 e. The van der Waals surface area contributed by atoms with Gasteiger partial charge in [-0.3, -0.25) is 9.59 Å². The van der Waals surface area contributed by atoms with Crippen molar-refractivity contribution in [3.05, 3.63) is 71.8 Å². The summed E-state index contributed by atoms with van der Waals surface area (Å²) in [6.07, 6.45) is -0.230. The van der Waals surface area contributed by atoms with Gasteiger partial charge < -0.3 is 24.4 Å². The zero-order valence-electron chi connectivity index (χ0n) is 23.7. The molecule has 0 aliphatic rings. The van der Waals surface area contributed by atoms with Crippen molar-refractivity contribution < 1.29 is 32.2 Å². The summed E-state index contributed by atoms with van der Waals surface area (Å²) in [5.74, 6) is 1.76. The van der Waals surface area contributed by atoms with Crippen LogP contribution in [0.1, 0.15) is 28.9 Å². The summed E-state index contributed by atoms with van der Waals surface area (Å²) < 4.78 is 40.9. The zero-order valence-corrected chi connectivity index (χ0v) is 25.3. The number of sulfone groups is 1. The molecule has 1 amide bonds. The summed E-state index contributed by atoms with van der Waals surface area (Å²) in [6, 6.07) is 16.3. The van der Waals surface area contributed by atoms with Crippen molar-refractivity contribution in [2.24, 2.45) is 0 Å². The number of hydrogen-bond acceptors (Lipinski definition) is 10. The van der Waals surface area contributed by atoms with Gasteiger partial charge in [0.1, 0.15) is 5.75 Å². The molecule has 0 aliphatic heterocycles. The maximum Gasteiger partial charge on any atom is 0.253 e. The van der Waals surface area contributed by atoms with E-state index >= 15 is 0 Å². The number of aromatic nitrogens is 1. The van der Waals surface area contributed by atoms with Crippen LogP contribution < -0.4 is 19.5 Å². The lowest BCUT2D eigenvalue weighted by Crippen LogP contribution is -2.21. The molecule has 0 spiro atoms. The van der Waals surface area contributed by atoms with Gasteiger partial charge in [0.05, 0.1) is 35.1 Å². The number of methoxy groups -OCH3 is 2. The van der Waals surface area contributed by atoms with Crippen LogP contribution in [0.5, 0.6) is 17.2 Å². The van der Waals surface area contributed by atoms with Gasteiger partial charge in [-0.15, -0.1) is 0 Å². The first-order chi connectivity index (χ1) is 19.6. The number of thiazole rings is 1. The molecule has 0 radical (unpaired) electrons. The molecule has 0 saturated carbocycles. The van der Waals surface area contributed by atoms with E-state index in [-0.39, 0.29) is 16.6 Å². The molecule has 12 heteroatoms. The highest BCUT2D eigenvalue weighted by Crippen LogP contribution is 2.35. The fourth-order valence-electron chi connectivity index (χ4n) is 3.65. The summed E-state index contributed by atoms with van der Waals surface area (Å²) in [4.78, 5) is 29.3. The number of nitrogens with one attached hydrogen (secondary N) is 1. The van der Waals surface area contributed by atoms with Crippen molar-refractivity contribution in [3.8, 4) is 17.2 Å². The number of rotatable bonds is 10. The number of carbonyl (C=O) groups is 2. The Hall–Kier alpha value is -4.16. The van der Waals surface area contributed by atoms with E-state index in [1.54, 1.807) is 83.0 Å². The number of carbonyl (C=O) groups excluding carboxylic acids is 2. The Kier molecular flexibility index (Phi) is 10.7. The fourth-order valence-corrected chi connectivity index (χ4v) is 5.36. The predicted molar refractivity (Wildman–Crippen MR) is 160 cm³/mol. The highest BCUT2D eigenvalue weighted by molar-refractivity contribution is 7.91. The summed E-state index contributed by atoms with van der Waals surface area (Å²) in [5.41, 5.74) is 1.98. The Labute approximate surface area is 243 Å². The Morgan fingerprint density at radius 2 is 1.63 bits per heavy atom. The maximum absolute atomic E-state index is 11.9. The summed E-state index contributed by atoms with van der Waals surface area (Å²) >= 11 is 1.59. The monoisotopic (exact) mass is 599 g/mol. The predicted octanol–water partition coefficient (Wildman–Crippen LogP) is 4.86. The number of fused-ring (bicyclic) bond motifs is 1. The second-order valence-electron chi connectivity index (χ2n) is 8.81. The molecule has 10 nitrogen and oxygen atoms in total. The number of hydrogen-bond donors (Lipinski definition) is 1. The molecule has 0 aliphatic carbocycles. The summed E-state index contributed by atoms with van der Waals surface area (Å²) in [6.45, 7) is 1.57. The van der Waals surface area contributed by atoms with Crippen LogP contribution in [0, 0.1) is 0 Å². The van der Waals surface area contributed by atoms with E-state index in [2.05, 4.69) is 10.3 Å². The molecular formula is C29H33N3O7S2. The molecule has 0 fully saturated rings. The Morgan fingerprint density at radius 1 is 1.02 bits per heavy atom. The van der Waals surface area contributed by atoms with Gasteiger partial charge >= 0.3 is 0 Å². The van der Waals surface area contributed by atoms with Gasteiger partial charge in [-0.25, -0.2) is 13.4 Å². The number of benzene rings is 3. The third-order valence-corrected chi connectivity index (χ3v) is 8.74. The number of ether oxygens (including phenoxy) is 3. The Balaban J connectivity index is 0.000000260. The number of anilines is 1. The van der Waals surface area contributed by atoms with E-state index in [4.69, 9.17) is 14.2 Å². The lowest BCUT2D eigenvalue weighted by atomic mass is 10.1. The number of nitrogens with zero attached hydrogens (tertiary/aromatic N) is 2. The Morgan fingerprint density at radius 3 is 2.15 bits per heavy atom. The molecule has 1 N–H and O–H groups in total. The third-order valence-electron chi connectivity index (χ3n) is 5.95. The van der Waals surface area contributed by atoms with Gasteiger partial charge in [-0.1, -0.05) is 30.4 Å². The molecular weight excluding hydrogens is 566 g/mol. The minimum absolute atomic E-state index is 0.0119. The van der Waals surface area contributed by atoms with Crippen molar-refractivity contribution in [2.45, 2.75) is 17.9 Å². The van der Waals surface area contributed by atoms with Gasteiger partial charge in [-0.05, 0) is 42.0 Å². The van der Waals surface area contributed by atoms with Crippen LogP contribution in [0.3, 0.4) is 0 Å².